The minimum absolute atomic E-state index is 0.263. The second-order valence-electron chi connectivity index (χ2n) is 5.92. The highest BCUT2D eigenvalue weighted by Crippen LogP contribution is 2.16. The third-order valence-corrected chi connectivity index (χ3v) is 5.34. The van der Waals surface area contributed by atoms with Crippen LogP contribution in [0.15, 0.2) is 53.0 Å². The highest BCUT2D eigenvalue weighted by molar-refractivity contribution is 9.10. The normalized spacial score (nSPS) is 11.7. The van der Waals surface area contributed by atoms with E-state index in [0.29, 0.717) is 35.0 Å². The average Bonchev–Trinajstić information content (AvgIpc) is 2.66. The number of halogens is 2. The summed E-state index contributed by atoms with van der Waals surface area (Å²) in [4.78, 5) is 25.0. The number of benzene rings is 2. The summed E-state index contributed by atoms with van der Waals surface area (Å²) < 4.78 is 14.3. The van der Waals surface area contributed by atoms with Crippen molar-refractivity contribution in [2.45, 2.75) is 18.9 Å². The van der Waals surface area contributed by atoms with E-state index >= 15 is 0 Å². The molecule has 2 amide bonds. The van der Waals surface area contributed by atoms with Gasteiger partial charge in [-0.1, -0.05) is 30.3 Å². The Kier molecular flexibility index (Phi) is 8.81. The molecule has 144 valence electrons. The van der Waals surface area contributed by atoms with Crippen LogP contribution >= 0.6 is 27.7 Å². The van der Waals surface area contributed by atoms with Crippen LogP contribution in [0.3, 0.4) is 0 Å². The van der Waals surface area contributed by atoms with Crippen molar-refractivity contribution in [3.8, 4) is 0 Å². The fourth-order valence-electron chi connectivity index (χ4n) is 2.53. The molecular weight excluding hydrogens is 431 g/mol. The predicted molar refractivity (Wildman–Crippen MR) is 112 cm³/mol. The molecule has 7 heteroatoms. The topological polar surface area (TPSA) is 58.2 Å². The van der Waals surface area contributed by atoms with E-state index in [0.717, 1.165) is 5.75 Å². The molecule has 2 aromatic rings. The minimum atomic E-state index is -0.641. The standard InChI is InChI=1S/C20H22BrFN2O2S/c1-27-13-11-18(24-19(25)15-7-3-4-8-16(15)21)20(26)23-12-10-14-6-2-5-9-17(14)22/h2-9,18H,10-13H2,1H3,(H,23,26)(H,24,25). The number of rotatable bonds is 9. The maximum atomic E-state index is 13.7. The lowest BCUT2D eigenvalue weighted by Gasteiger charge is -2.18. The van der Waals surface area contributed by atoms with Gasteiger partial charge in [-0.05, 0) is 64.5 Å². The van der Waals surface area contributed by atoms with E-state index < -0.39 is 6.04 Å². The van der Waals surface area contributed by atoms with Crippen molar-refractivity contribution in [2.75, 3.05) is 18.6 Å². The summed E-state index contributed by atoms with van der Waals surface area (Å²) in [6.45, 7) is 0.306. The molecule has 0 fully saturated rings. The molecule has 0 heterocycles. The predicted octanol–water partition coefficient (Wildman–Crippen LogP) is 3.80. The Morgan fingerprint density at radius 3 is 2.56 bits per heavy atom. The van der Waals surface area contributed by atoms with Crippen LogP contribution in [-0.2, 0) is 11.2 Å². The van der Waals surface area contributed by atoms with Crippen LogP contribution in [0.1, 0.15) is 22.3 Å². The Morgan fingerprint density at radius 1 is 1.15 bits per heavy atom. The van der Waals surface area contributed by atoms with Gasteiger partial charge in [0, 0.05) is 11.0 Å². The molecule has 0 aliphatic carbocycles. The first-order chi connectivity index (χ1) is 13.0. The Bertz CT molecular complexity index is 788. The van der Waals surface area contributed by atoms with Gasteiger partial charge in [-0.3, -0.25) is 9.59 Å². The van der Waals surface area contributed by atoms with Gasteiger partial charge in [0.25, 0.3) is 5.91 Å². The largest absolute Gasteiger partial charge is 0.354 e. The second kappa shape index (κ2) is 11.1. The number of hydrogen-bond donors (Lipinski definition) is 2. The first kappa shape index (κ1) is 21.4. The maximum Gasteiger partial charge on any atom is 0.253 e. The highest BCUT2D eigenvalue weighted by Gasteiger charge is 2.21. The number of amides is 2. The van der Waals surface area contributed by atoms with Gasteiger partial charge >= 0.3 is 0 Å². The summed E-state index contributed by atoms with van der Waals surface area (Å²) in [5.74, 6) is -0.117. The quantitative estimate of drug-likeness (QED) is 0.608. The van der Waals surface area contributed by atoms with Crippen LogP contribution in [0.25, 0.3) is 0 Å². The zero-order valence-electron chi connectivity index (χ0n) is 15.0. The van der Waals surface area contributed by atoms with Crippen LogP contribution < -0.4 is 10.6 Å². The molecule has 0 radical (unpaired) electrons. The van der Waals surface area contributed by atoms with Gasteiger partial charge in [0.1, 0.15) is 11.9 Å². The Hall–Kier alpha value is -1.86. The summed E-state index contributed by atoms with van der Waals surface area (Å²) in [5, 5.41) is 5.60. The molecule has 4 nitrogen and oxygen atoms in total. The van der Waals surface area contributed by atoms with Crippen LogP contribution in [0.5, 0.6) is 0 Å². The van der Waals surface area contributed by atoms with Crippen LogP contribution in [0, 0.1) is 5.82 Å². The summed E-state index contributed by atoms with van der Waals surface area (Å²) in [6.07, 6.45) is 2.86. The first-order valence-corrected chi connectivity index (χ1v) is 10.8. The van der Waals surface area contributed by atoms with Gasteiger partial charge in [-0.2, -0.15) is 11.8 Å². The lowest BCUT2D eigenvalue weighted by Crippen LogP contribution is -2.47. The molecule has 1 unspecified atom stereocenters. The lowest BCUT2D eigenvalue weighted by atomic mass is 10.1. The molecule has 2 N–H and O–H groups in total. The Balaban J connectivity index is 1.95. The highest BCUT2D eigenvalue weighted by atomic mass is 79.9. The van der Waals surface area contributed by atoms with Crippen LogP contribution in [0.2, 0.25) is 0 Å². The van der Waals surface area contributed by atoms with Gasteiger partial charge < -0.3 is 10.6 Å². The lowest BCUT2D eigenvalue weighted by molar-refractivity contribution is -0.122. The summed E-state index contributed by atoms with van der Waals surface area (Å²) >= 11 is 4.96. The number of nitrogens with one attached hydrogen (secondary N) is 2. The maximum absolute atomic E-state index is 13.7. The van der Waals surface area contributed by atoms with Crippen molar-refractivity contribution in [1.82, 2.24) is 10.6 Å². The van der Waals surface area contributed by atoms with Crippen molar-refractivity contribution < 1.29 is 14.0 Å². The van der Waals surface area contributed by atoms with Crippen molar-refractivity contribution in [2.24, 2.45) is 0 Å². The third-order valence-electron chi connectivity index (χ3n) is 4.00. The van der Waals surface area contributed by atoms with Gasteiger partial charge in [0.15, 0.2) is 0 Å². The van der Waals surface area contributed by atoms with Gasteiger partial charge in [0.05, 0.1) is 5.56 Å². The first-order valence-electron chi connectivity index (χ1n) is 8.58. The second-order valence-corrected chi connectivity index (χ2v) is 7.76. The SMILES string of the molecule is CSCCC(NC(=O)c1ccccc1Br)C(=O)NCCc1ccccc1F. The van der Waals surface area contributed by atoms with E-state index in [9.17, 15) is 14.0 Å². The molecule has 1 atom stereocenters. The van der Waals surface area contributed by atoms with Crippen molar-refractivity contribution in [1.29, 1.82) is 0 Å². The summed E-state index contributed by atoms with van der Waals surface area (Å²) in [7, 11) is 0. The number of thioether (sulfide) groups is 1. The molecule has 0 aliphatic heterocycles. The van der Waals surface area contributed by atoms with E-state index in [1.807, 2.05) is 12.3 Å². The zero-order chi connectivity index (χ0) is 19.6. The van der Waals surface area contributed by atoms with Crippen LogP contribution in [-0.4, -0.2) is 36.4 Å². The van der Waals surface area contributed by atoms with Gasteiger partial charge in [0.2, 0.25) is 5.91 Å². The average molecular weight is 453 g/mol. The molecule has 0 aromatic heterocycles. The van der Waals surface area contributed by atoms with Gasteiger partial charge in [-0.15, -0.1) is 0 Å². The third kappa shape index (κ3) is 6.66. The molecule has 0 spiro atoms. The van der Waals surface area contributed by atoms with E-state index in [1.54, 1.807) is 48.2 Å². The molecule has 2 rings (SSSR count). The number of carbonyl (C=O) groups excluding carboxylic acids is 2. The molecular formula is C20H22BrFN2O2S. The van der Waals surface area contributed by atoms with Gasteiger partial charge in [-0.25, -0.2) is 4.39 Å². The van der Waals surface area contributed by atoms with Crippen molar-refractivity contribution >= 4 is 39.5 Å². The Labute approximate surface area is 171 Å². The molecule has 0 saturated heterocycles. The van der Waals surface area contributed by atoms with E-state index in [-0.39, 0.29) is 17.6 Å². The zero-order valence-corrected chi connectivity index (χ0v) is 17.4. The summed E-state index contributed by atoms with van der Waals surface area (Å²) in [5.41, 5.74) is 1.03. The van der Waals surface area contributed by atoms with Crippen LogP contribution in [0.4, 0.5) is 4.39 Å². The van der Waals surface area contributed by atoms with E-state index in [1.165, 1.54) is 6.07 Å². The van der Waals surface area contributed by atoms with E-state index in [4.69, 9.17) is 0 Å². The van der Waals surface area contributed by atoms with Crippen molar-refractivity contribution in [3.63, 3.8) is 0 Å². The van der Waals surface area contributed by atoms with E-state index in [2.05, 4.69) is 26.6 Å². The fraction of sp³-hybridized carbons (Fsp3) is 0.300. The Morgan fingerprint density at radius 2 is 1.85 bits per heavy atom. The monoisotopic (exact) mass is 452 g/mol. The molecule has 0 bridgehead atoms. The molecule has 27 heavy (non-hydrogen) atoms. The molecule has 0 saturated carbocycles. The smallest absolute Gasteiger partial charge is 0.253 e. The number of carbonyl (C=O) groups is 2. The molecule has 2 aromatic carbocycles. The summed E-state index contributed by atoms with van der Waals surface area (Å²) in [6, 6.07) is 12.9. The minimum Gasteiger partial charge on any atom is -0.354 e. The molecule has 0 aliphatic rings. The van der Waals surface area contributed by atoms with Crippen molar-refractivity contribution in [3.05, 3.63) is 69.9 Å². The fourth-order valence-corrected chi connectivity index (χ4v) is 3.47. The number of hydrogen-bond acceptors (Lipinski definition) is 3.